The number of nitrogens with zero attached hydrogens (tertiary/aromatic N) is 3. The Balaban J connectivity index is 1.82. The zero-order valence-corrected chi connectivity index (χ0v) is 59.4. The monoisotopic (exact) mass is 1250 g/mol. The molecule has 4 aromatic rings. The number of benzene rings is 3. The van der Waals surface area contributed by atoms with E-state index in [1.807, 2.05) is 0 Å². The largest absolute Gasteiger partial charge is 0.490 e. The van der Waals surface area contributed by atoms with Crippen molar-refractivity contribution >= 4 is 0 Å². The molecule has 90 heavy (non-hydrogen) atoms. The van der Waals surface area contributed by atoms with Crippen molar-refractivity contribution in [2.75, 3.05) is 39.6 Å². The van der Waals surface area contributed by atoms with Crippen LogP contribution >= 0.6 is 0 Å². The fraction of sp³-hybridized carbons (Fsp3) is 0.753. The maximum absolute atomic E-state index is 6.94. The molecule has 0 saturated heterocycles. The molecule has 0 bridgehead atoms. The van der Waals surface area contributed by atoms with E-state index in [0.29, 0.717) is 57.7 Å². The van der Waals surface area contributed by atoms with Crippen LogP contribution < -0.4 is 28.4 Å². The number of hydrogen-bond donors (Lipinski definition) is 0. The number of ether oxygens (including phenoxy) is 6. The molecule has 9 nitrogen and oxygen atoms in total. The highest BCUT2D eigenvalue weighted by atomic mass is 16.5. The Morgan fingerprint density at radius 2 is 0.467 bits per heavy atom. The van der Waals surface area contributed by atoms with Crippen molar-refractivity contribution in [3.8, 4) is 57.3 Å². The van der Waals surface area contributed by atoms with Crippen LogP contribution in [0.4, 0.5) is 0 Å². The highest BCUT2D eigenvalue weighted by Gasteiger charge is 2.25. The highest BCUT2D eigenvalue weighted by molar-refractivity contribution is 5.72. The molecular formula is C81H137N3O6. The first-order chi connectivity index (χ1) is 44.6. The molecule has 0 atom stereocenters. The van der Waals surface area contributed by atoms with E-state index in [1.54, 1.807) is 0 Å². The number of hydrogen-bond acceptors (Lipinski definition) is 8. The van der Waals surface area contributed by atoms with Crippen LogP contribution in [0, 0.1) is 0 Å². The fourth-order valence-electron chi connectivity index (χ4n) is 12.3. The van der Waals surface area contributed by atoms with E-state index < -0.39 is 0 Å². The minimum absolute atomic E-state index is 0.553. The molecule has 4 rings (SSSR count). The third-order valence-electron chi connectivity index (χ3n) is 18.0. The molecule has 9 heteroatoms. The Kier molecular flexibility index (Phi) is 47.8. The Morgan fingerprint density at radius 1 is 0.256 bits per heavy atom. The Bertz CT molecular complexity index is 2040. The van der Waals surface area contributed by atoms with Crippen molar-refractivity contribution in [1.29, 1.82) is 0 Å². The molecule has 0 amide bonds. The van der Waals surface area contributed by atoms with Crippen molar-refractivity contribution in [2.45, 2.75) is 356 Å². The lowest BCUT2D eigenvalue weighted by Gasteiger charge is -2.20. The van der Waals surface area contributed by atoms with Gasteiger partial charge in [0.1, 0.15) is 0 Å². The smallest absolute Gasteiger partial charge is 0.203 e. The van der Waals surface area contributed by atoms with Gasteiger partial charge < -0.3 is 33.0 Å². The quantitative estimate of drug-likeness (QED) is 0.0404. The molecule has 1 heterocycles. The van der Waals surface area contributed by atoms with E-state index in [-0.39, 0.29) is 0 Å². The molecule has 0 aliphatic carbocycles. The number of aromatic nitrogens is 3. The van der Waals surface area contributed by atoms with E-state index >= 15 is 0 Å². The normalized spacial score (nSPS) is 11.4. The van der Waals surface area contributed by atoms with Gasteiger partial charge >= 0.3 is 0 Å². The van der Waals surface area contributed by atoms with Crippen LogP contribution in [0.15, 0.2) is 54.6 Å². The van der Waals surface area contributed by atoms with Crippen molar-refractivity contribution in [3.05, 3.63) is 60.2 Å². The average Bonchev–Trinajstić information content (AvgIpc) is 1.56. The van der Waals surface area contributed by atoms with Crippen LogP contribution in [-0.2, 0) is 6.54 Å². The van der Waals surface area contributed by atoms with Crippen LogP contribution in [0.25, 0.3) is 22.8 Å². The molecule has 0 saturated carbocycles. The van der Waals surface area contributed by atoms with Crippen molar-refractivity contribution in [1.82, 2.24) is 14.8 Å². The molecule has 1 aromatic heterocycles. The first kappa shape index (κ1) is 78.0. The molecule has 0 radical (unpaired) electrons. The minimum Gasteiger partial charge on any atom is -0.490 e. The van der Waals surface area contributed by atoms with Crippen molar-refractivity contribution in [3.63, 3.8) is 0 Å². The molecule has 0 aliphatic rings. The zero-order chi connectivity index (χ0) is 63.8. The van der Waals surface area contributed by atoms with Crippen LogP contribution in [0.5, 0.6) is 34.5 Å². The van der Waals surface area contributed by atoms with Gasteiger partial charge in [-0.1, -0.05) is 342 Å². The van der Waals surface area contributed by atoms with Crippen molar-refractivity contribution < 1.29 is 28.4 Å². The summed E-state index contributed by atoms with van der Waals surface area (Å²) in [6, 6.07) is 19.4. The van der Waals surface area contributed by atoms with Gasteiger partial charge in [0, 0.05) is 11.1 Å². The van der Waals surface area contributed by atoms with Gasteiger partial charge in [-0.25, -0.2) is 0 Å². The summed E-state index contributed by atoms with van der Waals surface area (Å²) >= 11 is 0. The molecule has 0 N–H and O–H groups in total. The van der Waals surface area contributed by atoms with Gasteiger partial charge in [0.05, 0.1) is 46.2 Å². The molecule has 0 unspecified atom stereocenters. The van der Waals surface area contributed by atoms with Gasteiger partial charge in [-0.3, -0.25) is 0 Å². The summed E-state index contributed by atoms with van der Waals surface area (Å²) in [5.41, 5.74) is 2.94. The van der Waals surface area contributed by atoms with Crippen LogP contribution in [-0.4, -0.2) is 54.4 Å². The summed E-state index contributed by atoms with van der Waals surface area (Å²) in [5, 5.41) is 10.3. The van der Waals surface area contributed by atoms with Gasteiger partial charge in [0.15, 0.2) is 34.6 Å². The lowest BCUT2D eigenvalue weighted by atomic mass is 10.1. The summed E-state index contributed by atoms with van der Waals surface area (Å²) in [7, 11) is 0. The predicted octanol–water partition coefficient (Wildman–Crippen LogP) is 25.8. The average molecular weight is 1250 g/mol. The highest BCUT2D eigenvalue weighted by Crippen LogP contribution is 2.45. The van der Waals surface area contributed by atoms with Gasteiger partial charge in [0.25, 0.3) is 0 Å². The lowest BCUT2D eigenvalue weighted by Crippen LogP contribution is -2.09. The molecule has 0 aliphatic heterocycles. The predicted molar refractivity (Wildman–Crippen MR) is 385 cm³/mol. The van der Waals surface area contributed by atoms with Crippen LogP contribution in [0.1, 0.15) is 355 Å². The minimum atomic E-state index is 0.553. The van der Waals surface area contributed by atoms with E-state index in [4.69, 9.17) is 38.6 Å². The van der Waals surface area contributed by atoms with Crippen molar-refractivity contribution in [2.24, 2.45) is 0 Å². The van der Waals surface area contributed by atoms with Crippen LogP contribution in [0.2, 0.25) is 0 Å². The summed E-state index contributed by atoms with van der Waals surface area (Å²) in [4.78, 5) is 0. The van der Waals surface area contributed by atoms with Gasteiger partial charge in [-0.15, -0.1) is 10.2 Å². The van der Waals surface area contributed by atoms with Gasteiger partial charge in [0.2, 0.25) is 11.5 Å². The third-order valence-corrected chi connectivity index (χ3v) is 18.0. The van der Waals surface area contributed by atoms with E-state index in [0.717, 1.165) is 128 Å². The summed E-state index contributed by atoms with van der Waals surface area (Å²) in [5.74, 6) is 5.83. The maximum atomic E-state index is 6.94. The SMILES string of the molecule is CCCCCCCCCCOc1cc(-c2nnc(-c3cc(OCCCCCCCCCC)c(OCCCCCCCCCC)c(OCCCCCCCCCC)c3)n2Cc2ccccc2)cc(OCCCCCCCCCC)c1OCCCCCCCCCC. The second-order valence-electron chi connectivity index (χ2n) is 26.5. The lowest BCUT2D eigenvalue weighted by molar-refractivity contribution is 0.234. The molecular weight excluding hydrogens is 1110 g/mol. The van der Waals surface area contributed by atoms with E-state index in [1.165, 1.54) is 231 Å². The summed E-state index contributed by atoms with van der Waals surface area (Å²) < 4.78 is 43.8. The number of unbranched alkanes of at least 4 members (excludes halogenated alkanes) is 42. The summed E-state index contributed by atoms with van der Waals surface area (Å²) in [6.07, 6.45) is 59.6. The second kappa shape index (κ2) is 55.1. The molecule has 3 aromatic carbocycles. The van der Waals surface area contributed by atoms with E-state index in [2.05, 4.69) is 101 Å². The second-order valence-corrected chi connectivity index (χ2v) is 26.5. The maximum Gasteiger partial charge on any atom is 0.203 e. The Labute approximate surface area is 553 Å². The Hall–Kier alpha value is -4.40. The van der Waals surface area contributed by atoms with Gasteiger partial charge in [-0.05, 0) is 68.4 Å². The van der Waals surface area contributed by atoms with Gasteiger partial charge in [-0.2, -0.15) is 0 Å². The number of rotatable bonds is 64. The fourth-order valence-corrected chi connectivity index (χ4v) is 12.3. The van der Waals surface area contributed by atoms with Crippen LogP contribution in [0.3, 0.4) is 0 Å². The third kappa shape index (κ3) is 35.6. The van der Waals surface area contributed by atoms with E-state index in [9.17, 15) is 0 Å². The Morgan fingerprint density at radius 3 is 0.700 bits per heavy atom. The molecule has 512 valence electrons. The topological polar surface area (TPSA) is 86.1 Å². The first-order valence-electron chi connectivity index (χ1n) is 38.7. The first-order valence-corrected chi connectivity index (χ1v) is 38.7. The zero-order valence-electron chi connectivity index (χ0n) is 59.4. The standard InChI is InChI=1S/C81H137N3O6/c1-7-13-19-25-31-37-43-52-60-85-74-66-72(67-75(86-61-53-44-38-32-26-20-14-8-2)78(74)89-64-56-47-41-35-29-23-17-11-5)80-82-83-81(84(80)70-71-58-50-49-51-59-71)73-68-76(87-62-54-45-39-33-27-21-15-9-3)79(90-65-57-48-42-36-30-24-18-12-6)77(69-73)88-63-55-46-40-34-28-22-16-10-4/h49-51,58-59,66-69H,7-48,52-57,60-65,70H2,1-6H3. The molecule has 0 spiro atoms. The summed E-state index contributed by atoms with van der Waals surface area (Å²) in [6.45, 7) is 18.0. The molecule has 0 fully saturated rings.